The first-order valence-corrected chi connectivity index (χ1v) is 7.74. The van der Waals surface area contributed by atoms with Crippen LogP contribution < -0.4 is 4.74 Å². The summed E-state index contributed by atoms with van der Waals surface area (Å²) >= 11 is 1.28. The minimum Gasteiger partial charge on any atom is -0.510 e. The number of ether oxygens (including phenoxy) is 1. The Morgan fingerprint density at radius 2 is 2.04 bits per heavy atom. The zero-order valence-corrected chi connectivity index (χ0v) is 13.0. The smallest absolute Gasteiger partial charge is 0.356 e. The maximum absolute atomic E-state index is 12.1. The molecule has 2 aliphatic rings. The van der Waals surface area contributed by atoms with Crippen LogP contribution >= 0.6 is 11.8 Å². The van der Waals surface area contributed by atoms with Crippen molar-refractivity contribution in [3.8, 4) is 5.75 Å². The summed E-state index contributed by atoms with van der Waals surface area (Å²) in [5.41, 5.74) is -0.399. The summed E-state index contributed by atoms with van der Waals surface area (Å²) in [6.45, 7) is 1.46. The van der Waals surface area contributed by atoms with E-state index in [0.29, 0.717) is 10.8 Å². The molecule has 7 nitrogen and oxygen atoms in total. The summed E-state index contributed by atoms with van der Waals surface area (Å²) in [5.74, 6) is -1.48. The zero-order valence-electron chi connectivity index (χ0n) is 12.2. The minimum absolute atomic E-state index is 0.215. The van der Waals surface area contributed by atoms with Crippen LogP contribution in [-0.2, 0) is 9.59 Å². The lowest BCUT2D eigenvalue weighted by Crippen LogP contribution is -2.61. The maximum Gasteiger partial charge on any atom is 0.356 e. The third-order valence-corrected chi connectivity index (χ3v) is 4.65. The highest BCUT2D eigenvalue weighted by atomic mass is 32.2. The quantitative estimate of drug-likeness (QED) is 0.482. The number of hydrogen-bond acceptors (Lipinski definition) is 6. The van der Waals surface area contributed by atoms with Crippen molar-refractivity contribution >= 4 is 28.7 Å². The van der Waals surface area contributed by atoms with E-state index in [0.717, 1.165) is 4.90 Å². The number of carboxylic acids is 1. The Kier molecular flexibility index (Phi) is 3.99. The topological polar surface area (TPSA) is 99.4 Å². The summed E-state index contributed by atoms with van der Waals surface area (Å²) < 4.78 is 5.58. The molecule has 1 aromatic rings. The number of aliphatic imine (C=N–C) groups is 1. The molecule has 0 aliphatic carbocycles. The van der Waals surface area contributed by atoms with Crippen LogP contribution in [0.1, 0.15) is 6.92 Å². The summed E-state index contributed by atoms with van der Waals surface area (Å²) in [6.07, 6.45) is 0. The van der Waals surface area contributed by atoms with Crippen LogP contribution in [0.15, 0.2) is 46.8 Å². The number of aliphatic hydroxyl groups excluding tert-OH is 1. The van der Waals surface area contributed by atoms with E-state index in [1.807, 2.05) is 30.3 Å². The number of nitrogens with zero attached hydrogens (tertiary/aromatic N) is 2. The van der Waals surface area contributed by atoms with Gasteiger partial charge in [-0.2, -0.15) is 0 Å². The van der Waals surface area contributed by atoms with Crippen LogP contribution in [0, 0.1) is 0 Å². The van der Waals surface area contributed by atoms with Gasteiger partial charge >= 0.3 is 5.97 Å². The Labute approximate surface area is 136 Å². The lowest BCUT2D eigenvalue weighted by molar-refractivity contribution is -0.147. The number of carbonyl (C=O) groups is 2. The molecule has 0 aromatic heterocycles. The number of aliphatic carboxylic acids is 1. The van der Waals surface area contributed by atoms with E-state index in [9.17, 15) is 14.7 Å². The van der Waals surface area contributed by atoms with Gasteiger partial charge in [-0.05, 0) is 19.1 Å². The number of thioether (sulfide) groups is 1. The van der Waals surface area contributed by atoms with Crippen molar-refractivity contribution in [3.05, 3.63) is 41.8 Å². The maximum atomic E-state index is 12.1. The predicted octanol–water partition coefficient (Wildman–Crippen LogP) is 1.62. The van der Waals surface area contributed by atoms with Crippen molar-refractivity contribution in [1.82, 2.24) is 4.90 Å². The van der Waals surface area contributed by atoms with E-state index in [-0.39, 0.29) is 6.61 Å². The van der Waals surface area contributed by atoms with Gasteiger partial charge in [0, 0.05) is 0 Å². The number of aliphatic hydroxyl groups is 1. The van der Waals surface area contributed by atoms with E-state index in [1.165, 1.54) is 18.7 Å². The fourth-order valence-electron chi connectivity index (χ4n) is 2.41. The zero-order chi connectivity index (χ0) is 16.6. The number of allylic oxidation sites excluding steroid dienone is 1. The van der Waals surface area contributed by atoms with Crippen molar-refractivity contribution in [3.63, 3.8) is 0 Å². The molecule has 0 bridgehead atoms. The van der Waals surface area contributed by atoms with E-state index in [1.54, 1.807) is 0 Å². The molecule has 0 saturated carbocycles. The van der Waals surface area contributed by atoms with E-state index >= 15 is 0 Å². The van der Waals surface area contributed by atoms with Crippen LogP contribution in [0.25, 0.3) is 0 Å². The molecule has 1 fully saturated rings. The molecule has 1 amide bonds. The van der Waals surface area contributed by atoms with Crippen LogP contribution in [-0.4, -0.2) is 50.1 Å². The monoisotopic (exact) mass is 334 g/mol. The van der Waals surface area contributed by atoms with Gasteiger partial charge in [-0.15, -0.1) is 0 Å². The van der Waals surface area contributed by atoms with E-state index < -0.39 is 34.7 Å². The number of rotatable bonds is 5. The average molecular weight is 334 g/mol. The first-order chi connectivity index (χ1) is 11.0. The van der Waals surface area contributed by atoms with Crippen LogP contribution in [0.4, 0.5) is 0 Å². The second kappa shape index (κ2) is 5.96. The number of carboxylic acid groups (broad SMARTS) is 1. The second-order valence-corrected chi connectivity index (χ2v) is 6.22. The highest BCUT2D eigenvalue weighted by Crippen LogP contribution is 2.41. The molecule has 3 rings (SSSR count). The van der Waals surface area contributed by atoms with Gasteiger partial charge in [-0.3, -0.25) is 14.7 Å². The summed E-state index contributed by atoms with van der Waals surface area (Å²) in [7, 11) is 0. The number of hydrogen-bond donors (Lipinski definition) is 2. The number of amides is 1. The third kappa shape index (κ3) is 2.77. The number of para-hydroxylation sites is 1. The molecule has 1 saturated heterocycles. The number of likely N-dealkylation sites (tertiary alicyclic amines) is 1. The van der Waals surface area contributed by atoms with Gasteiger partial charge in [0.05, 0.1) is 0 Å². The highest BCUT2D eigenvalue weighted by Gasteiger charge is 2.55. The van der Waals surface area contributed by atoms with Crippen LogP contribution in [0.5, 0.6) is 5.75 Å². The molecule has 2 N–H and O–H groups in total. The van der Waals surface area contributed by atoms with Gasteiger partial charge in [0.25, 0.3) is 5.91 Å². The van der Waals surface area contributed by atoms with Gasteiger partial charge < -0.3 is 14.9 Å². The minimum atomic E-state index is -1.34. The van der Waals surface area contributed by atoms with Gasteiger partial charge in [0.2, 0.25) is 0 Å². The Bertz CT molecular complexity index is 712. The van der Waals surface area contributed by atoms with Crippen molar-refractivity contribution in [1.29, 1.82) is 0 Å². The second-order valence-electron chi connectivity index (χ2n) is 5.03. The van der Waals surface area contributed by atoms with Gasteiger partial charge in [0.1, 0.15) is 28.5 Å². The lowest BCUT2D eigenvalue weighted by Gasteiger charge is -2.40. The molecule has 2 unspecified atom stereocenters. The largest absolute Gasteiger partial charge is 0.510 e. The summed E-state index contributed by atoms with van der Waals surface area (Å²) in [5, 5.41) is 18.8. The molecular formula is C15H14N2O5S. The van der Waals surface area contributed by atoms with Gasteiger partial charge in [-0.25, -0.2) is 4.79 Å². The first kappa shape index (κ1) is 15.4. The average Bonchev–Trinajstić information content (AvgIpc) is 2.90. The van der Waals surface area contributed by atoms with Crippen molar-refractivity contribution in [2.75, 3.05) is 6.61 Å². The summed E-state index contributed by atoms with van der Waals surface area (Å²) in [4.78, 5) is 28.6. The van der Waals surface area contributed by atoms with Crippen LogP contribution in [0.2, 0.25) is 0 Å². The molecule has 120 valence electrons. The molecule has 23 heavy (non-hydrogen) atoms. The molecule has 8 heteroatoms. The Balaban J connectivity index is 1.67. The molecule has 0 spiro atoms. The van der Waals surface area contributed by atoms with E-state index in [4.69, 9.17) is 9.84 Å². The lowest BCUT2D eigenvalue weighted by atomic mass is 10.1. The van der Waals surface area contributed by atoms with Crippen LogP contribution in [0.3, 0.4) is 0 Å². The van der Waals surface area contributed by atoms with E-state index in [2.05, 4.69) is 4.99 Å². The number of fused-ring (bicyclic) bond motifs is 1. The fourth-order valence-corrected chi connectivity index (χ4v) is 3.61. The number of benzene rings is 1. The predicted molar refractivity (Wildman–Crippen MR) is 84.3 cm³/mol. The third-order valence-electron chi connectivity index (χ3n) is 3.45. The van der Waals surface area contributed by atoms with Crippen molar-refractivity contribution in [2.24, 2.45) is 4.99 Å². The fraction of sp³-hybridized carbons (Fsp3) is 0.267. The SMILES string of the molecule is CC(O)=C(C(=O)O)N1C(=O)C2N=C(COc3ccccc3)SC21. The molecule has 2 heterocycles. The van der Waals surface area contributed by atoms with Crippen molar-refractivity contribution < 1.29 is 24.5 Å². The Morgan fingerprint density at radius 1 is 1.35 bits per heavy atom. The Morgan fingerprint density at radius 3 is 2.65 bits per heavy atom. The Hall–Kier alpha value is -2.48. The first-order valence-electron chi connectivity index (χ1n) is 6.86. The summed E-state index contributed by atoms with van der Waals surface area (Å²) in [6, 6.07) is 8.59. The molecular weight excluding hydrogens is 320 g/mol. The molecule has 2 aliphatic heterocycles. The number of carbonyl (C=O) groups excluding carboxylic acids is 1. The standard InChI is InChI=1S/C15H14N2O5S/c1-8(18)12(15(20)21)17-13(19)11-14(17)23-10(16-11)7-22-9-5-3-2-4-6-9/h2-6,11,14,18H,7H2,1H3,(H,20,21). The molecule has 1 aromatic carbocycles. The highest BCUT2D eigenvalue weighted by molar-refractivity contribution is 8.15. The number of β-lactam (4-membered cyclic amide) rings is 1. The van der Waals surface area contributed by atoms with Crippen molar-refractivity contribution in [2.45, 2.75) is 18.3 Å². The van der Waals surface area contributed by atoms with Gasteiger partial charge in [-0.1, -0.05) is 30.0 Å². The van der Waals surface area contributed by atoms with Gasteiger partial charge in [0.15, 0.2) is 11.7 Å². The molecule has 0 radical (unpaired) electrons. The molecule has 2 atom stereocenters. The normalized spacial score (nSPS) is 23.6.